The van der Waals surface area contributed by atoms with Crippen LogP contribution in [0.15, 0.2) is 0 Å². The molecule has 1 atom stereocenters. The van der Waals surface area contributed by atoms with E-state index in [4.69, 9.17) is 10.2 Å². The standard InChI is InChI=1S/C13H2F23NO6S/c14-3(15,1(38)39)5(17,18)4(16,2(40)41)37(36)44(42,43)13(34,35)11(29,30)9(25,26)7(21,22)6(19,20)8(23,24)10(27,28)12(31,32)33/h(H,38,39)(H,40,41)/t4-/m1/s1. The molecule has 0 saturated carbocycles. The van der Waals surface area contributed by atoms with Gasteiger partial charge in [-0.05, 0) is 0 Å². The molecule has 0 rings (SSSR count). The van der Waals surface area contributed by atoms with Crippen LogP contribution in [0, 0.1) is 0 Å². The monoisotopic (exact) mass is 737 g/mol. The lowest BCUT2D eigenvalue weighted by Crippen LogP contribution is -2.76. The molecule has 0 heterocycles. The van der Waals surface area contributed by atoms with Crippen molar-refractivity contribution in [1.29, 1.82) is 0 Å². The molecule has 31 heteroatoms. The predicted molar refractivity (Wildman–Crippen MR) is 81.6 cm³/mol. The van der Waals surface area contributed by atoms with Crippen molar-refractivity contribution in [1.82, 2.24) is 4.53 Å². The summed E-state index contributed by atoms with van der Waals surface area (Å²) in [5.41, 5.74) is 0. The maximum atomic E-state index is 14.2. The zero-order chi connectivity index (χ0) is 36.7. The minimum Gasteiger partial charge on any atom is -0.478 e. The molecule has 0 aromatic heterocycles. The average molecular weight is 737 g/mol. The van der Waals surface area contributed by atoms with E-state index >= 15 is 0 Å². The quantitative estimate of drug-likeness (QED) is 0.145. The summed E-state index contributed by atoms with van der Waals surface area (Å²) in [7, 11) is -9.90. The molecule has 44 heavy (non-hydrogen) atoms. The third kappa shape index (κ3) is 4.64. The van der Waals surface area contributed by atoms with Crippen molar-refractivity contribution >= 4 is 22.0 Å². The van der Waals surface area contributed by atoms with Gasteiger partial charge in [0.15, 0.2) is 0 Å². The Kier molecular flexibility index (Phi) is 9.49. The van der Waals surface area contributed by atoms with Gasteiger partial charge in [-0.25, -0.2) is 22.4 Å². The zero-order valence-electron chi connectivity index (χ0n) is 18.6. The Labute approximate surface area is 221 Å². The maximum absolute atomic E-state index is 14.2. The number of aliphatic carboxylic acids is 2. The van der Waals surface area contributed by atoms with Crippen molar-refractivity contribution in [3.63, 3.8) is 0 Å². The van der Waals surface area contributed by atoms with E-state index in [0.717, 1.165) is 0 Å². The van der Waals surface area contributed by atoms with Crippen LogP contribution in [0.5, 0.6) is 0 Å². The molecular weight excluding hydrogens is 735 g/mol. The first kappa shape index (κ1) is 41.2. The number of sulfonamides is 1. The molecule has 7 nitrogen and oxygen atoms in total. The Morgan fingerprint density at radius 2 is 0.727 bits per heavy atom. The first-order valence-corrected chi connectivity index (χ1v) is 10.3. The molecule has 0 unspecified atom stereocenters. The van der Waals surface area contributed by atoms with Crippen LogP contribution in [0.1, 0.15) is 0 Å². The van der Waals surface area contributed by atoms with E-state index < -0.39 is 91.1 Å². The van der Waals surface area contributed by atoms with Crippen LogP contribution in [0.2, 0.25) is 0 Å². The van der Waals surface area contributed by atoms with E-state index in [1.165, 1.54) is 0 Å². The van der Waals surface area contributed by atoms with Crippen LogP contribution in [0.25, 0.3) is 0 Å². The summed E-state index contributed by atoms with van der Waals surface area (Å²) < 4.78 is 324. The molecule has 0 aliphatic carbocycles. The second-order valence-corrected chi connectivity index (χ2v) is 9.35. The normalized spacial score (nSPS) is 17.5. The Morgan fingerprint density at radius 3 is 0.977 bits per heavy atom. The summed E-state index contributed by atoms with van der Waals surface area (Å²) in [6.45, 7) is 0. The number of carboxylic acid groups (broad SMARTS) is 2. The highest BCUT2D eigenvalue weighted by molar-refractivity contribution is 7.90. The SMILES string of the molecule is O=C(O)C(F)(F)C(F)(F)[C@@](F)(C(=O)O)N(F)S(=O)(=O)C(F)(F)C(F)(F)C(F)(F)C(F)(F)C(F)(F)C(F)(F)C(F)(F)C(F)(F)F. The van der Waals surface area contributed by atoms with Crippen LogP contribution in [0.4, 0.5) is 101 Å². The van der Waals surface area contributed by atoms with Gasteiger partial charge in [-0.2, -0.15) is 92.2 Å². The summed E-state index contributed by atoms with van der Waals surface area (Å²) in [5, 5.41) is 6.80. The van der Waals surface area contributed by atoms with E-state index in [0.29, 0.717) is 0 Å². The summed E-state index contributed by atoms with van der Waals surface area (Å²) in [5.74, 6) is -89.3. The van der Waals surface area contributed by atoms with Gasteiger partial charge in [0.2, 0.25) is 0 Å². The van der Waals surface area contributed by atoms with Gasteiger partial charge < -0.3 is 10.2 Å². The lowest BCUT2D eigenvalue weighted by molar-refractivity contribution is -0.458. The van der Waals surface area contributed by atoms with Crippen molar-refractivity contribution in [3.05, 3.63) is 0 Å². The fourth-order valence-corrected chi connectivity index (χ4v) is 3.42. The highest BCUT2D eigenvalue weighted by Crippen LogP contribution is 2.65. The molecule has 0 aliphatic rings. The minimum absolute atomic E-state index is 4.54. The molecule has 0 aromatic carbocycles. The van der Waals surface area contributed by atoms with Gasteiger partial charge in [0, 0.05) is 4.53 Å². The lowest BCUT2D eigenvalue weighted by atomic mass is 9.91. The van der Waals surface area contributed by atoms with E-state index in [1.807, 2.05) is 0 Å². The number of carboxylic acids is 2. The summed E-state index contributed by atoms with van der Waals surface area (Å²) in [6, 6.07) is 0. The number of carbonyl (C=O) groups is 2. The van der Waals surface area contributed by atoms with Crippen molar-refractivity contribution in [2.45, 2.75) is 64.6 Å². The van der Waals surface area contributed by atoms with Crippen LogP contribution >= 0.6 is 0 Å². The fraction of sp³-hybridized carbons (Fsp3) is 0.846. The van der Waals surface area contributed by atoms with Crippen LogP contribution in [0.3, 0.4) is 0 Å². The Morgan fingerprint density at radius 1 is 0.455 bits per heavy atom. The van der Waals surface area contributed by atoms with Gasteiger partial charge >= 0.3 is 86.6 Å². The molecular formula is C13H2F23NO6S. The Hall–Kier alpha value is -2.76. The van der Waals surface area contributed by atoms with Crippen molar-refractivity contribution in [3.8, 4) is 0 Å². The van der Waals surface area contributed by atoms with Gasteiger partial charge in [0.05, 0.1) is 0 Å². The van der Waals surface area contributed by atoms with Crippen molar-refractivity contribution < 1.29 is 129 Å². The third-order valence-electron chi connectivity index (χ3n) is 4.83. The molecule has 0 amide bonds. The summed E-state index contributed by atoms with van der Waals surface area (Å²) in [4.78, 5) is 20.7. The zero-order valence-corrected chi connectivity index (χ0v) is 19.4. The summed E-state index contributed by atoms with van der Waals surface area (Å²) in [6.07, 6.45) is -8.21. The molecule has 0 bridgehead atoms. The van der Waals surface area contributed by atoms with E-state index in [-0.39, 0.29) is 0 Å². The van der Waals surface area contributed by atoms with E-state index in [9.17, 15) is 119 Å². The Bertz CT molecular complexity index is 1260. The first-order chi connectivity index (χ1) is 18.5. The fourth-order valence-electron chi connectivity index (χ4n) is 2.24. The smallest absolute Gasteiger partial charge is 0.460 e. The molecule has 0 aromatic rings. The molecule has 0 radical (unpaired) electrons. The molecule has 0 spiro atoms. The molecule has 2 N–H and O–H groups in total. The van der Waals surface area contributed by atoms with Crippen molar-refractivity contribution in [2.24, 2.45) is 0 Å². The number of hydrogen-bond acceptors (Lipinski definition) is 4. The number of rotatable bonds is 13. The van der Waals surface area contributed by atoms with Gasteiger partial charge in [-0.15, -0.1) is 4.48 Å². The van der Waals surface area contributed by atoms with Crippen LogP contribution in [-0.2, 0) is 19.6 Å². The van der Waals surface area contributed by atoms with Gasteiger partial charge in [0.25, 0.3) is 0 Å². The van der Waals surface area contributed by atoms with E-state index in [1.54, 1.807) is 0 Å². The van der Waals surface area contributed by atoms with Gasteiger partial charge in [-0.3, -0.25) is 0 Å². The highest BCUT2D eigenvalue weighted by Gasteiger charge is 2.97. The van der Waals surface area contributed by atoms with Gasteiger partial charge in [0.1, 0.15) is 0 Å². The van der Waals surface area contributed by atoms with Crippen LogP contribution in [-0.4, -0.2) is 99.7 Å². The topological polar surface area (TPSA) is 112 Å². The number of hydrogen-bond donors (Lipinski definition) is 2. The Balaban J connectivity index is 7.60. The maximum Gasteiger partial charge on any atom is 0.460 e. The van der Waals surface area contributed by atoms with Gasteiger partial charge in [-0.1, -0.05) is 0 Å². The highest BCUT2D eigenvalue weighted by atomic mass is 32.2. The first-order valence-electron chi connectivity index (χ1n) is 8.88. The lowest BCUT2D eigenvalue weighted by Gasteiger charge is -2.43. The number of halogens is 23. The second kappa shape index (κ2) is 10.1. The average Bonchev–Trinajstić information content (AvgIpc) is 2.80. The van der Waals surface area contributed by atoms with Crippen molar-refractivity contribution in [2.75, 3.05) is 0 Å². The number of nitrogens with zero attached hydrogens (tertiary/aromatic N) is 1. The summed E-state index contributed by atoms with van der Waals surface area (Å²) >= 11 is 0. The predicted octanol–water partition coefficient (Wildman–Crippen LogP) is 5.58. The number of alkyl halides is 22. The van der Waals surface area contributed by atoms with E-state index in [2.05, 4.69) is 0 Å². The molecule has 0 fully saturated rings. The molecule has 0 aliphatic heterocycles. The third-order valence-corrected chi connectivity index (χ3v) is 6.41. The molecule has 0 saturated heterocycles. The second-order valence-electron chi connectivity index (χ2n) is 7.56. The largest absolute Gasteiger partial charge is 0.478 e. The molecule has 262 valence electrons. The minimum atomic E-state index is -9.90. The van der Waals surface area contributed by atoms with Crippen LogP contribution < -0.4 is 0 Å².